The number of carbonyl (C=O) groups excluding carboxylic acids is 3. The summed E-state index contributed by atoms with van der Waals surface area (Å²) >= 11 is 0. The van der Waals surface area contributed by atoms with Gasteiger partial charge in [0.15, 0.2) is 0 Å². The largest absolute Gasteiger partial charge is 0.378 e. The molecule has 0 saturated carbocycles. The van der Waals surface area contributed by atoms with Gasteiger partial charge < -0.3 is 9.64 Å². The third kappa shape index (κ3) is 4.06. The van der Waals surface area contributed by atoms with Gasteiger partial charge in [-0.25, -0.2) is 14.1 Å². The number of hydrogen-bond donors (Lipinski definition) is 1. The lowest BCUT2D eigenvalue weighted by atomic mass is 10.0. The van der Waals surface area contributed by atoms with E-state index in [0.717, 1.165) is 10.5 Å². The molecule has 8 heteroatoms. The molecule has 2 aromatic carbocycles. The van der Waals surface area contributed by atoms with Crippen molar-refractivity contribution in [3.63, 3.8) is 0 Å². The van der Waals surface area contributed by atoms with Gasteiger partial charge in [0, 0.05) is 13.1 Å². The van der Waals surface area contributed by atoms with Crippen molar-refractivity contribution in [1.82, 2.24) is 5.32 Å². The van der Waals surface area contributed by atoms with Crippen molar-refractivity contribution in [2.24, 2.45) is 0 Å². The van der Waals surface area contributed by atoms with Crippen LogP contribution in [0.1, 0.15) is 18.1 Å². The van der Waals surface area contributed by atoms with E-state index in [4.69, 9.17) is 4.74 Å². The van der Waals surface area contributed by atoms with E-state index in [0.29, 0.717) is 49.7 Å². The first kappa shape index (κ1) is 20.7. The molecule has 160 valence electrons. The molecule has 1 N–H and O–H groups in total. The number of anilines is 2. The van der Waals surface area contributed by atoms with Crippen LogP contribution in [0.2, 0.25) is 0 Å². The van der Waals surface area contributed by atoms with Crippen LogP contribution in [0.4, 0.5) is 20.6 Å². The quantitative estimate of drug-likeness (QED) is 0.604. The monoisotopic (exact) mass is 423 g/mol. The predicted octanol–water partition coefficient (Wildman–Crippen LogP) is 2.89. The summed E-state index contributed by atoms with van der Waals surface area (Å²) in [7, 11) is 0. The first-order chi connectivity index (χ1) is 15.0. The number of para-hydroxylation sites is 1. The summed E-state index contributed by atoms with van der Waals surface area (Å²) in [6.45, 7) is 4.15. The Hall–Kier alpha value is -3.52. The maximum absolute atomic E-state index is 14.7. The van der Waals surface area contributed by atoms with E-state index in [2.05, 4.69) is 5.32 Å². The van der Waals surface area contributed by atoms with Crippen molar-refractivity contribution in [2.75, 3.05) is 36.1 Å². The first-order valence-corrected chi connectivity index (χ1v) is 10.1. The van der Waals surface area contributed by atoms with Gasteiger partial charge in [-0.2, -0.15) is 0 Å². The van der Waals surface area contributed by atoms with Crippen molar-refractivity contribution in [2.45, 2.75) is 13.3 Å². The Kier molecular flexibility index (Phi) is 5.81. The molecule has 0 unspecified atom stereocenters. The first-order valence-electron chi connectivity index (χ1n) is 10.1. The van der Waals surface area contributed by atoms with E-state index in [1.165, 1.54) is 12.1 Å². The Bertz CT molecular complexity index is 1080. The summed E-state index contributed by atoms with van der Waals surface area (Å²) in [6, 6.07) is 10.7. The normalized spacial score (nSPS) is 18.5. The minimum Gasteiger partial charge on any atom is -0.378 e. The molecule has 0 spiro atoms. The zero-order valence-corrected chi connectivity index (χ0v) is 17.1. The summed E-state index contributed by atoms with van der Waals surface area (Å²) in [6.07, 6.45) is 1.91. The third-order valence-electron chi connectivity index (χ3n) is 5.35. The average Bonchev–Trinajstić information content (AvgIpc) is 2.77. The average molecular weight is 423 g/mol. The highest BCUT2D eigenvalue weighted by molar-refractivity contribution is 6.39. The molecule has 2 aromatic rings. The zero-order valence-electron chi connectivity index (χ0n) is 17.1. The van der Waals surface area contributed by atoms with Gasteiger partial charge in [-0.15, -0.1) is 0 Å². The van der Waals surface area contributed by atoms with Crippen molar-refractivity contribution < 1.29 is 23.5 Å². The Balaban J connectivity index is 1.66. The number of hydrogen-bond acceptors (Lipinski definition) is 5. The Morgan fingerprint density at radius 1 is 1.06 bits per heavy atom. The fourth-order valence-electron chi connectivity index (χ4n) is 3.74. The van der Waals surface area contributed by atoms with Crippen molar-refractivity contribution >= 4 is 35.3 Å². The van der Waals surface area contributed by atoms with E-state index in [-0.39, 0.29) is 5.57 Å². The Morgan fingerprint density at radius 3 is 2.52 bits per heavy atom. The minimum absolute atomic E-state index is 0.232. The number of urea groups is 1. The van der Waals surface area contributed by atoms with Gasteiger partial charge in [0.1, 0.15) is 11.4 Å². The maximum Gasteiger partial charge on any atom is 0.335 e. The number of barbiturate groups is 1. The number of nitrogens with zero attached hydrogens (tertiary/aromatic N) is 2. The van der Waals surface area contributed by atoms with E-state index >= 15 is 0 Å². The number of carbonyl (C=O) groups is 3. The molecule has 0 aromatic heterocycles. The molecule has 2 fully saturated rings. The molecule has 0 aliphatic carbocycles. The van der Waals surface area contributed by atoms with E-state index < -0.39 is 23.7 Å². The molecule has 4 amide bonds. The van der Waals surface area contributed by atoms with Gasteiger partial charge in [-0.05, 0) is 41.8 Å². The topological polar surface area (TPSA) is 79.0 Å². The number of rotatable bonds is 4. The van der Waals surface area contributed by atoms with Crippen molar-refractivity contribution in [3.05, 3.63) is 65.0 Å². The molecule has 2 aliphatic heterocycles. The van der Waals surface area contributed by atoms with Gasteiger partial charge in [-0.3, -0.25) is 14.9 Å². The number of halogens is 1. The van der Waals surface area contributed by atoms with Crippen LogP contribution in [0.25, 0.3) is 6.08 Å². The highest BCUT2D eigenvalue weighted by Crippen LogP contribution is 2.27. The molecule has 4 rings (SSSR count). The Labute approximate surface area is 179 Å². The van der Waals surface area contributed by atoms with Gasteiger partial charge >= 0.3 is 6.03 Å². The molecule has 0 atom stereocenters. The number of nitrogens with one attached hydrogen (secondary N) is 1. The highest BCUT2D eigenvalue weighted by atomic mass is 19.1. The molecule has 0 bridgehead atoms. The van der Waals surface area contributed by atoms with E-state index in [1.807, 2.05) is 24.0 Å². The van der Waals surface area contributed by atoms with Crippen LogP contribution in [-0.4, -0.2) is 44.1 Å². The molecule has 31 heavy (non-hydrogen) atoms. The number of benzene rings is 2. The van der Waals surface area contributed by atoms with Crippen LogP contribution < -0.4 is 15.1 Å². The van der Waals surface area contributed by atoms with Crippen LogP contribution in [0.5, 0.6) is 0 Å². The molecular formula is C23H22FN3O4. The number of ether oxygens (including phenoxy) is 1. The number of amides is 4. The second kappa shape index (κ2) is 8.69. The van der Waals surface area contributed by atoms with Crippen molar-refractivity contribution in [1.29, 1.82) is 0 Å². The second-order valence-corrected chi connectivity index (χ2v) is 7.25. The van der Waals surface area contributed by atoms with Crippen molar-refractivity contribution in [3.8, 4) is 0 Å². The SMILES string of the molecule is CCc1ccccc1N1C(=O)NC(=O)/C(=C\c2ccc(N3CCOCC3)c(F)c2)C1=O. The third-order valence-corrected chi connectivity index (χ3v) is 5.35. The zero-order chi connectivity index (χ0) is 22.0. The summed E-state index contributed by atoms with van der Waals surface area (Å²) in [4.78, 5) is 40.7. The molecule has 2 heterocycles. The molecule has 2 saturated heterocycles. The fraction of sp³-hybridized carbons (Fsp3) is 0.261. The maximum atomic E-state index is 14.7. The summed E-state index contributed by atoms with van der Waals surface area (Å²) in [5.41, 5.74) is 1.77. The molecule has 7 nitrogen and oxygen atoms in total. The van der Waals surface area contributed by atoms with Gasteiger partial charge in [0.05, 0.1) is 24.6 Å². The Morgan fingerprint density at radius 2 is 1.81 bits per heavy atom. The minimum atomic E-state index is -0.808. The fourth-order valence-corrected chi connectivity index (χ4v) is 3.74. The lowest BCUT2D eigenvalue weighted by molar-refractivity contribution is -0.122. The molecule has 0 radical (unpaired) electrons. The highest BCUT2D eigenvalue weighted by Gasteiger charge is 2.37. The number of imide groups is 2. The van der Waals surface area contributed by atoms with Crippen LogP contribution in [0, 0.1) is 5.82 Å². The van der Waals surface area contributed by atoms with Crippen LogP contribution in [0.15, 0.2) is 48.0 Å². The second-order valence-electron chi connectivity index (χ2n) is 7.25. The van der Waals surface area contributed by atoms with Gasteiger partial charge in [-0.1, -0.05) is 31.2 Å². The molecular weight excluding hydrogens is 401 g/mol. The predicted molar refractivity (Wildman–Crippen MR) is 114 cm³/mol. The number of morpholine rings is 1. The van der Waals surface area contributed by atoms with E-state index in [9.17, 15) is 18.8 Å². The van der Waals surface area contributed by atoms with Crippen LogP contribution >= 0.6 is 0 Å². The van der Waals surface area contributed by atoms with Gasteiger partial charge in [0.25, 0.3) is 11.8 Å². The lowest BCUT2D eigenvalue weighted by Gasteiger charge is -2.29. The van der Waals surface area contributed by atoms with Gasteiger partial charge in [0.2, 0.25) is 0 Å². The lowest BCUT2D eigenvalue weighted by Crippen LogP contribution is -2.54. The van der Waals surface area contributed by atoms with Crippen LogP contribution in [0.3, 0.4) is 0 Å². The standard InChI is InChI=1S/C23H22FN3O4/c1-2-16-5-3-4-6-19(16)27-22(29)17(21(28)25-23(27)30)13-15-7-8-20(18(24)14-15)26-9-11-31-12-10-26/h3-8,13-14H,2,9-12H2,1H3,(H,25,28,30)/b17-13+. The summed E-state index contributed by atoms with van der Waals surface area (Å²) < 4.78 is 20.0. The number of aryl methyl sites for hydroxylation is 1. The molecule has 2 aliphatic rings. The summed E-state index contributed by atoms with van der Waals surface area (Å²) in [5, 5.41) is 2.20. The van der Waals surface area contributed by atoms with Crippen LogP contribution in [-0.2, 0) is 20.7 Å². The smallest absolute Gasteiger partial charge is 0.335 e. The van der Waals surface area contributed by atoms with E-state index in [1.54, 1.807) is 24.3 Å². The summed E-state index contributed by atoms with van der Waals surface area (Å²) in [5.74, 6) is -2.01.